The number of Topliss-reactive ketones (excluding diaryl/α,β-unsaturated/α-hetero) is 1. The van der Waals surface area contributed by atoms with Gasteiger partial charge in [0.2, 0.25) is 5.91 Å². The van der Waals surface area contributed by atoms with E-state index in [1.165, 1.54) is 16.8 Å². The first-order valence-corrected chi connectivity index (χ1v) is 23.6. The van der Waals surface area contributed by atoms with Crippen LogP contribution >= 0.6 is 11.6 Å². The van der Waals surface area contributed by atoms with E-state index in [9.17, 15) is 9.59 Å². The number of aromatic amines is 1. The van der Waals surface area contributed by atoms with E-state index in [0.717, 1.165) is 106 Å². The number of piperazine rings is 1. The van der Waals surface area contributed by atoms with Crippen molar-refractivity contribution in [3.8, 4) is 17.1 Å². The fraction of sp³-hybridized carbons (Fsp3) is 0.286. The van der Waals surface area contributed by atoms with E-state index >= 15 is 0 Å². The Hall–Kier alpha value is -6.55. The number of unbranched alkanes of at least 4 members (excludes halogenated alkanes) is 1. The van der Waals surface area contributed by atoms with Gasteiger partial charge in [0.15, 0.2) is 5.78 Å². The Labute approximate surface area is 392 Å². The molecule has 1 fully saturated rings. The number of benzene rings is 6. The first-order valence-electron chi connectivity index (χ1n) is 23.3. The van der Waals surface area contributed by atoms with E-state index < -0.39 is 5.41 Å². The number of imidazole rings is 1. The summed E-state index contributed by atoms with van der Waals surface area (Å²) in [5.41, 5.74) is 12.5. The Morgan fingerprint density at radius 2 is 1.56 bits per heavy atom. The molecule has 1 aromatic heterocycles. The van der Waals surface area contributed by atoms with Gasteiger partial charge in [-0.3, -0.25) is 14.6 Å². The highest BCUT2D eigenvalue weighted by molar-refractivity contribution is 6.31. The van der Waals surface area contributed by atoms with Crippen molar-refractivity contribution in [2.75, 3.05) is 51.3 Å². The maximum atomic E-state index is 13.0. The molecule has 1 amide bonds. The van der Waals surface area contributed by atoms with Crippen molar-refractivity contribution in [2.24, 2.45) is 4.99 Å². The lowest BCUT2D eigenvalue weighted by Gasteiger charge is -2.37. The Kier molecular flexibility index (Phi) is 13.7. The molecule has 1 unspecified atom stereocenters. The summed E-state index contributed by atoms with van der Waals surface area (Å²) in [7, 11) is 2.18. The van der Waals surface area contributed by atoms with Gasteiger partial charge >= 0.3 is 0 Å². The standard InChI is InChI=1S/C56H57ClN6O3/c1-39-20-23-44(24-21-39)56(43-13-4-3-5-14-43,48-17-6-7-18-49(48)57)28-9-8-15-46(64)38-58-54(65)19-11-33-66-47-16-10-12-40(35-47)52-36-42-34-41(22-26-50(42)59-52)55-60-51-27-25-45(37-53(51)61-55)63-31-29-62(2)30-32-63/h3-7,10,12-14,16-18,20-27,34-35,37H,8-9,11,15,19,28-33,36,38H2,1-2H3,(H,58,65)(H,60,61). The number of fused-ring (bicyclic) bond motifs is 2. The van der Waals surface area contributed by atoms with Gasteiger partial charge < -0.3 is 24.8 Å². The third kappa shape index (κ3) is 10.1. The van der Waals surface area contributed by atoms with E-state index in [2.05, 4.69) is 131 Å². The van der Waals surface area contributed by atoms with Gasteiger partial charge in [-0.2, -0.15) is 0 Å². The number of ketones is 1. The lowest BCUT2D eigenvalue weighted by Crippen LogP contribution is -2.44. The zero-order chi connectivity index (χ0) is 45.5. The van der Waals surface area contributed by atoms with Crippen LogP contribution in [0, 0.1) is 6.92 Å². The molecule has 9 rings (SSSR count). The number of aliphatic imine (C=N–C) groups is 1. The second kappa shape index (κ2) is 20.3. The molecular weight excluding hydrogens is 840 g/mol. The number of carbonyl (C=O) groups excluding carboxylic acids is 2. The molecule has 0 bridgehead atoms. The van der Waals surface area contributed by atoms with Crippen LogP contribution in [0.4, 0.5) is 11.4 Å². The van der Waals surface area contributed by atoms with Gasteiger partial charge in [-0.25, -0.2) is 4.98 Å². The van der Waals surface area contributed by atoms with Gasteiger partial charge in [0.05, 0.1) is 35.6 Å². The van der Waals surface area contributed by atoms with Crippen LogP contribution in [0.1, 0.15) is 71.9 Å². The number of H-pyrrole nitrogens is 1. The Morgan fingerprint density at radius 1 is 0.773 bits per heavy atom. The minimum atomic E-state index is -0.483. The number of ether oxygens (including phenoxy) is 1. The number of aromatic nitrogens is 2. The summed E-state index contributed by atoms with van der Waals surface area (Å²) in [5, 5.41) is 3.55. The molecule has 0 radical (unpaired) electrons. The molecule has 3 heterocycles. The number of hydrogen-bond donors (Lipinski definition) is 2. The third-order valence-corrected chi connectivity index (χ3v) is 13.5. The molecule has 10 heteroatoms. The molecule has 6 aromatic carbocycles. The van der Waals surface area contributed by atoms with Crippen molar-refractivity contribution in [1.82, 2.24) is 20.2 Å². The van der Waals surface area contributed by atoms with Crippen LogP contribution in [0.3, 0.4) is 0 Å². The maximum Gasteiger partial charge on any atom is 0.220 e. The number of nitrogens with zero attached hydrogens (tertiary/aromatic N) is 4. The van der Waals surface area contributed by atoms with Gasteiger partial charge in [-0.1, -0.05) is 109 Å². The van der Waals surface area contributed by atoms with Crippen LogP contribution in [0.2, 0.25) is 5.02 Å². The quantitative estimate of drug-likeness (QED) is 0.0657. The molecule has 2 aliphatic heterocycles. The fourth-order valence-corrected chi connectivity index (χ4v) is 9.75. The summed E-state index contributed by atoms with van der Waals surface area (Å²) in [6.45, 7) is 6.68. The third-order valence-electron chi connectivity index (χ3n) is 13.2. The number of nitrogens with one attached hydrogen (secondary N) is 2. The number of halogens is 1. The topological polar surface area (TPSA) is 103 Å². The molecule has 2 N–H and O–H groups in total. The Morgan fingerprint density at radius 3 is 2.38 bits per heavy atom. The summed E-state index contributed by atoms with van der Waals surface area (Å²) in [6.07, 6.45) is 4.18. The van der Waals surface area contributed by atoms with E-state index in [1.807, 2.05) is 42.5 Å². The molecule has 66 heavy (non-hydrogen) atoms. The zero-order valence-electron chi connectivity index (χ0n) is 37.9. The number of rotatable bonds is 18. The van der Waals surface area contributed by atoms with Crippen molar-refractivity contribution < 1.29 is 14.3 Å². The van der Waals surface area contributed by atoms with Crippen LogP contribution < -0.4 is 15.0 Å². The minimum absolute atomic E-state index is 0.0211. The molecular formula is C56H57ClN6O3. The van der Waals surface area contributed by atoms with Gasteiger partial charge in [0.1, 0.15) is 11.6 Å². The molecule has 7 aromatic rings. The molecule has 0 spiro atoms. The minimum Gasteiger partial charge on any atom is -0.494 e. The van der Waals surface area contributed by atoms with E-state index in [-0.39, 0.29) is 24.7 Å². The molecule has 0 aliphatic carbocycles. The molecule has 9 nitrogen and oxygen atoms in total. The maximum absolute atomic E-state index is 13.0. The van der Waals surface area contributed by atoms with Crippen molar-refractivity contribution in [3.05, 3.63) is 178 Å². The van der Waals surface area contributed by atoms with E-state index in [0.29, 0.717) is 32.3 Å². The summed E-state index contributed by atoms with van der Waals surface area (Å²) in [6, 6.07) is 48.1. The van der Waals surface area contributed by atoms with Crippen LogP contribution in [-0.2, 0) is 21.4 Å². The van der Waals surface area contributed by atoms with Crippen LogP contribution in [0.5, 0.6) is 5.75 Å². The van der Waals surface area contributed by atoms with E-state index in [1.54, 1.807) is 0 Å². The van der Waals surface area contributed by atoms with Crippen LogP contribution in [0.25, 0.3) is 22.4 Å². The largest absolute Gasteiger partial charge is 0.494 e. The smallest absolute Gasteiger partial charge is 0.220 e. The molecule has 1 atom stereocenters. The first-order chi connectivity index (χ1) is 32.2. The number of amides is 1. The second-order valence-electron chi connectivity index (χ2n) is 17.8. The van der Waals surface area contributed by atoms with Crippen LogP contribution in [0.15, 0.2) is 145 Å². The van der Waals surface area contributed by atoms with Crippen molar-refractivity contribution in [3.63, 3.8) is 0 Å². The molecule has 2 aliphatic rings. The summed E-state index contributed by atoms with van der Waals surface area (Å²) < 4.78 is 6.09. The highest BCUT2D eigenvalue weighted by Gasteiger charge is 2.37. The van der Waals surface area contributed by atoms with E-state index in [4.69, 9.17) is 26.3 Å². The Bertz CT molecular complexity index is 2850. The van der Waals surface area contributed by atoms with Crippen molar-refractivity contribution in [2.45, 2.75) is 57.3 Å². The fourth-order valence-electron chi connectivity index (χ4n) is 9.45. The summed E-state index contributed by atoms with van der Waals surface area (Å²) >= 11 is 6.93. The molecule has 1 saturated heterocycles. The zero-order valence-corrected chi connectivity index (χ0v) is 38.6. The van der Waals surface area contributed by atoms with Gasteiger partial charge in [-0.15, -0.1) is 0 Å². The lowest BCUT2D eigenvalue weighted by molar-refractivity contribution is -0.125. The number of likely N-dealkylation sites (N-methyl/N-ethyl adjacent to an activating group) is 1. The number of aryl methyl sites for hydroxylation is 1. The number of hydrogen-bond acceptors (Lipinski definition) is 7. The van der Waals surface area contributed by atoms with Crippen LogP contribution in [-0.4, -0.2) is 78.6 Å². The monoisotopic (exact) mass is 896 g/mol. The SMILES string of the molecule is Cc1ccc(C(CCCCC(=O)CNC(=O)CCCOc2cccc(C3=Nc4ccc(-c5nc6ccc(N7CCN(C)CC7)cc6[nH]5)cc4C3)c2)(c2ccccc2)c2ccccc2Cl)cc1. The molecule has 0 saturated carbocycles. The average molecular weight is 898 g/mol. The van der Waals surface area contributed by atoms with Gasteiger partial charge in [0.25, 0.3) is 0 Å². The number of anilines is 1. The average Bonchev–Trinajstić information content (AvgIpc) is 3.98. The van der Waals surface area contributed by atoms with Crippen molar-refractivity contribution >= 4 is 51.4 Å². The highest BCUT2D eigenvalue weighted by atomic mass is 35.5. The lowest BCUT2D eigenvalue weighted by atomic mass is 9.66. The second-order valence-corrected chi connectivity index (χ2v) is 18.2. The highest BCUT2D eigenvalue weighted by Crippen LogP contribution is 2.46. The van der Waals surface area contributed by atoms with Gasteiger partial charge in [-0.05, 0) is 116 Å². The van der Waals surface area contributed by atoms with Crippen molar-refractivity contribution in [1.29, 1.82) is 0 Å². The Balaban J connectivity index is 0.726. The number of carbonyl (C=O) groups is 2. The predicted octanol–water partition coefficient (Wildman–Crippen LogP) is 11.1. The first kappa shape index (κ1) is 44.6. The normalized spacial score (nSPS) is 14.7. The van der Waals surface area contributed by atoms with Gasteiger partial charge in [0, 0.05) is 67.1 Å². The summed E-state index contributed by atoms with van der Waals surface area (Å²) in [5.74, 6) is 1.45. The molecule has 336 valence electrons. The predicted molar refractivity (Wildman–Crippen MR) is 268 cm³/mol. The summed E-state index contributed by atoms with van der Waals surface area (Å²) in [4.78, 5) is 44.1.